The number of ether oxygens (including phenoxy) is 1. The second kappa shape index (κ2) is 7.45. The number of amides is 1. The molecule has 0 bridgehead atoms. The molecule has 26 heavy (non-hydrogen) atoms. The van der Waals surface area contributed by atoms with Crippen LogP contribution in [0.3, 0.4) is 0 Å². The highest BCUT2D eigenvalue weighted by molar-refractivity contribution is 6.30. The van der Waals surface area contributed by atoms with Crippen molar-refractivity contribution < 1.29 is 19.4 Å². The van der Waals surface area contributed by atoms with Crippen LogP contribution in [0.2, 0.25) is 5.02 Å². The topological polar surface area (TPSA) is 75.6 Å². The maximum Gasteiger partial charge on any atom is 0.342 e. The molecule has 5 nitrogen and oxygen atoms in total. The number of phenolic OH excluding ortho intramolecular Hbond substituents is 1. The Bertz CT molecular complexity index is 986. The fraction of sp³-hybridized carbons (Fsp3) is 0.100. The smallest absolute Gasteiger partial charge is 0.342 e. The lowest BCUT2D eigenvalue weighted by Crippen LogP contribution is -2.30. The molecule has 0 aliphatic heterocycles. The molecular weight excluding hydrogens is 354 g/mol. The lowest BCUT2D eigenvalue weighted by molar-refractivity contribution is -0.123. The van der Waals surface area contributed by atoms with Crippen LogP contribution in [0.15, 0.2) is 60.7 Å². The van der Waals surface area contributed by atoms with E-state index in [-0.39, 0.29) is 11.3 Å². The second-order valence-corrected chi connectivity index (χ2v) is 6.17. The van der Waals surface area contributed by atoms with Crippen molar-refractivity contribution in [3.63, 3.8) is 0 Å². The monoisotopic (exact) mass is 369 g/mol. The van der Waals surface area contributed by atoms with Gasteiger partial charge in [0.15, 0.2) is 6.10 Å². The van der Waals surface area contributed by atoms with E-state index in [9.17, 15) is 14.7 Å². The third-order valence-electron chi connectivity index (χ3n) is 3.87. The van der Waals surface area contributed by atoms with E-state index in [1.54, 1.807) is 42.5 Å². The number of halogens is 1. The minimum absolute atomic E-state index is 0.00565. The molecule has 0 aliphatic rings. The number of anilines is 1. The summed E-state index contributed by atoms with van der Waals surface area (Å²) in [7, 11) is 0. The number of carbonyl (C=O) groups excluding carboxylic acids is 2. The first-order valence-electron chi connectivity index (χ1n) is 7.94. The lowest BCUT2D eigenvalue weighted by atomic mass is 10.1. The van der Waals surface area contributed by atoms with Gasteiger partial charge in [0, 0.05) is 16.1 Å². The van der Waals surface area contributed by atoms with Crippen molar-refractivity contribution >= 4 is 39.9 Å². The third-order valence-corrected chi connectivity index (χ3v) is 4.10. The summed E-state index contributed by atoms with van der Waals surface area (Å²) >= 11 is 5.87. The summed E-state index contributed by atoms with van der Waals surface area (Å²) in [5, 5.41) is 14.8. The van der Waals surface area contributed by atoms with E-state index < -0.39 is 18.0 Å². The summed E-state index contributed by atoms with van der Waals surface area (Å²) in [5.74, 6) is -1.45. The molecule has 0 spiro atoms. The van der Waals surface area contributed by atoms with Gasteiger partial charge in [0.1, 0.15) is 11.3 Å². The van der Waals surface area contributed by atoms with Gasteiger partial charge in [-0.1, -0.05) is 48.0 Å². The highest BCUT2D eigenvalue weighted by Crippen LogP contribution is 2.29. The molecule has 132 valence electrons. The molecule has 0 heterocycles. The maximum atomic E-state index is 12.3. The van der Waals surface area contributed by atoms with Gasteiger partial charge in [-0.05, 0) is 36.6 Å². The number of aromatic hydroxyl groups is 1. The quantitative estimate of drug-likeness (QED) is 0.669. The van der Waals surface area contributed by atoms with E-state index in [1.165, 1.54) is 13.0 Å². The Balaban J connectivity index is 1.73. The molecule has 3 aromatic carbocycles. The average Bonchev–Trinajstić information content (AvgIpc) is 2.62. The van der Waals surface area contributed by atoms with Crippen LogP contribution in [-0.4, -0.2) is 23.1 Å². The number of esters is 1. The highest BCUT2D eigenvalue weighted by atomic mass is 35.5. The van der Waals surface area contributed by atoms with Crippen molar-refractivity contribution in [2.45, 2.75) is 13.0 Å². The molecule has 6 heteroatoms. The predicted octanol–water partition coefficient (Wildman–Crippen LogP) is 4.38. The predicted molar refractivity (Wildman–Crippen MR) is 101 cm³/mol. The van der Waals surface area contributed by atoms with E-state index >= 15 is 0 Å². The molecule has 0 fully saturated rings. The summed E-state index contributed by atoms with van der Waals surface area (Å²) in [5.41, 5.74) is 0.505. The third kappa shape index (κ3) is 3.78. The normalized spacial score (nSPS) is 11.8. The minimum atomic E-state index is -1.05. The molecule has 0 saturated heterocycles. The van der Waals surface area contributed by atoms with Gasteiger partial charge in [-0.2, -0.15) is 0 Å². The zero-order valence-electron chi connectivity index (χ0n) is 13.9. The Kier molecular flexibility index (Phi) is 5.09. The van der Waals surface area contributed by atoms with E-state index in [2.05, 4.69) is 5.32 Å². The lowest BCUT2D eigenvalue weighted by Gasteiger charge is -2.14. The second-order valence-electron chi connectivity index (χ2n) is 5.73. The number of hydrogen-bond donors (Lipinski definition) is 2. The van der Waals surface area contributed by atoms with Crippen LogP contribution in [0.5, 0.6) is 5.75 Å². The Morgan fingerprint density at radius 1 is 1.08 bits per heavy atom. The fourth-order valence-electron chi connectivity index (χ4n) is 2.51. The van der Waals surface area contributed by atoms with Crippen molar-refractivity contribution in [2.24, 2.45) is 0 Å². The van der Waals surface area contributed by atoms with Gasteiger partial charge >= 0.3 is 5.97 Å². The molecule has 3 aromatic rings. The van der Waals surface area contributed by atoms with Crippen LogP contribution in [0.4, 0.5) is 5.69 Å². The van der Waals surface area contributed by atoms with Crippen LogP contribution in [0.25, 0.3) is 10.8 Å². The van der Waals surface area contributed by atoms with Gasteiger partial charge < -0.3 is 15.2 Å². The van der Waals surface area contributed by atoms with Crippen molar-refractivity contribution in [3.05, 3.63) is 71.2 Å². The molecule has 1 atom stereocenters. The van der Waals surface area contributed by atoms with Crippen molar-refractivity contribution in [3.8, 4) is 5.75 Å². The molecule has 0 aromatic heterocycles. The van der Waals surface area contributed by atoms with Gasteiger partial charge in [0.2, 0.25) is 0 Å². The van der Waals surface area contributed by atoms with Crippen molar-refractivity contribution in [2.75, 3.05) is 5.32 Å². The zero-order chi connectivity index (χ0) is 18.7. The largest absolute Gasteiger partial charge is 0.506 e. The van der Waals surface area contributed by atoms with E-state index in [4.69, 9.17) is 16.3 Å². The first kappa shape index (κ1) is 17.8. The Morgan fingerprint density at radius 2 is 1.85 bits per heavy atom. The molecule has 2 N–H and O–H groups in total. The molecule has 0 radical (unpaired) electrons. The molecule has 0 saturated carbocycles. The summed E-state index contributed by atoms with van der Waals surface area (Å²) in [6.45, 7) is 1.45. The molecule has 1 amide bonds. The summed E-state index contributed by atoms with van der Waals surface area (Å²) in [6.07, 6.45) is -1.05. The number of hydrogen-bond acceptors (Lipinski definition) is 4. The number of rotatable bonds is 4. The van der Waals surface area contributed by atoms with Crippen molar-refractivity contribution in [1.29, 1.82) is 0 Å². The summed E-state index contributed by atoms with van der Waals surface area (Å²) in [6, 6.07) is 17.0. The standard InChI is InChI=1S/C20H16ClNO4/c1-12(19(24)22-15-7-4-6-14(21)11-15)26-20(25)17-10-9-13-5-2-3-8-16(13)18(17)23/h2-12,23H,1H3,(H,22,24). The number of phenols is 1. The van der Waals surface area contributed by atoms with Crippen LogP contribution < -0.4 is 5.32 Å². The van der Waals surface area contributed by atoms with E-state index in [0.717, 1.165) is 5.39 Å². The van der Waals surface area contributed by atoms with Gasteiger partial charge in [0.05, 0.1) is 0 Å². The van der Waals surface area contributed by atoms with Gasteiger partial charge in [-0.15, -0.1) is 0 Å². The number of fused-ring (bicyclic) bond motifs is 1. The van der Waals surface area contributed by atoms with Gasteiger partial charge in [-0.25, -0.2) is 4.79 Å². The van der Waals surface area contributed by atoms with Crippen LogP contribution in [0.1, 0.15) is 17.3 Å². The van der Waals surface area contributed by atoms with Crippen LogP contribution in [-0.2, 0) is 9.53 Å². The first-order chi connectivity index (χ1) is 12.5. The maximum absolute atomic E-state index is 12.3. The van der Waals surface area contributed by atoms with E-state index in [0.29, 0.717) is 16.1 Å². The number of nitrogens with one attached hydrogen (secondary N) is 1. The molecular formula is C20H16ClNO4. The average molecular weight is 370 g/mol. The summed E-state index contributed by atoms with van der Waals surface area (Å²) in [4.78, 5) is 24.5. The highest BCUT2D eigenvalue weighted by Gasteiger charge is 2.22. The molecule has 3 rings (SSSR count). The minimum Gasteiger partial charge on any atom is -0.506 e. The van der Waals surface area contributed by atoms with Crippen molar-refractivity contribution in [1.82, 2.24) is 0 Å². The number of benzene rings is 3. The van der Waals surface area contributed by atoms with Crippen LogP contribution in [0, 0.1) is 0 Å². The van der Waals surface area contributed by atoms with Gasteiger partial charge in [-0.3, -0.25) is 4.79 Å². The zero-order valence-corrected chi connectivity index (χ0v) is 14.7. The molecule has 0 aliphatic carbocycles. The number of carbonyl (C=O) groups is 2. The summed E-state index contributed by atoms with van der Waals surface area (Å²) < 4.78 is 5.19. The SMILES string of the molecule is CC(OC(=O)c1ccc2ccccc2c1O)C(=O)Nc1cccc(Cl)c1. The fourth-order valence-corrected chi connectivity index (χ4v) is 2.70. The van der Waals surface area contributed by atoms with Crippen LogP contribution >= 0.6 is 11.6 Å². The Hall–Kier alpha value is -3.05. The Morgan fingerprint density at radius 3 is 2.62 bits per heavy atom. The first-order valence-corrected chi connectivity index (χ1v) is 8.31. The van der Waals surface area contributed by atoms with Gasteiger partial charge in [0.25, 0.3) is 5.91 Å². The van der Waals surface area contributed by atoms with E-state index in [1.807, 2.05) is 12.1 Å². The Labute approximate surface area is 155 Å². The molecule has 1 unspecified atom stereocenters.